The van der Waals surface area contributed by atoms with E-state index >= 15 is 0 Å². The van der Waals surface area contributed by atoms with E-state index in [0.29, 0.717) is 42.0 Å². The Kier molecular flexibility index (Phi) is 7.01. The Hall–Kier alpha value is -3.54. The highest BCUT2D eigenvalue weighted by Gasteiger charge is 2.47. The fraction of sp³-hybridized carbons (Fsp3) is 0.379. The second-order valence-electron chi connectivity index (χ2n) is 9.95. The molecule has 2 aromatic carbocycles. The van der Waals surface area contributed by atoms with Crippen LogP contribution in [0.15, 0.2) is 72.1 Å². The minimum atomic E-state index is -0.767. The molecule has 2 atom stereocenters. The number of nitrogens with one attached hydrogen (secondary N) is 1. The number of Topliss-reactive ketones (excluding diaryl/α,β-unsaturated/α-hetero) is 1. The number of benzene rings is 2. The molecule has 0 saturated heterocycles. The molecule has 1 aliphatic heterocycles. The van der Waals surface area contributed by atoms with Crippen molar-refractivity contribution in [3.05, 3.63) is 83.2 Å². The molecule has 2 aromatic rings. The van der Waals surface area contributed by atoms with E-state index in [1.165, 1.54) is 0 Å². The van der Waals surface area contributed by atoms with E-state index < -0.39 is 17.8 Å². The van der Waals surface area contributed by atoms with Crippen molar-refractivity contribution in [2.24, 2.45) is 11.3 Å². The van der Waals surface area contributed by atoms with Crippen LogP contribution in [-0.4, -0.2) is 32.6 Å². The molecule has 1 N–H and O–H groups in total. The van der Waals surface area contributed by atoms with Crippen LogP contribution < -0.4 is 14.8 Å². The average Bonchev–Trinajstić information content (AvgIpc) is 2.82. The first-order valence-electron chi connectivity index (χ1n) is 11.9. The summed E-state index contributed by atoms with van der Waals surface area (Å²) >= 11 is 0. The number of hydrogen-bond donors (Lipinski definition) is 1. The zero-order valence-corrected chi connectivity index (χ0v) is 20.9. The number of carbonyl (C=O) groups is 2. The minimum Gasteiger partial charge on any atom is -0.497 e. The lowest BCUT2D eigenvalue weighted by atomic mass is 9.66. The Morgan fingerprint density at radius 3 is 2.51 bits per heavy atom. The van der Waals surface area contributed by atoms with Crippen LogP contribution in [0.25, 0.3) is 0 Å². The summed E-state index contributed by atoms with van der Waals surface area (Å²) in [5.41, 5.74) is 3.62. The first-order chi connectivity index (χ1) is 16.7. The maximum absolute atomic E-state index is 13.5. The summed E-state index contributed by atoms with van der Waals surface area (Å²) in [5, 5.41) is 3.30. The van der Waals surface area contributed by atoms with Gasteiger partial charge in [0.15, 0.2) is 5.78 Å². The van der Waals surface area contributed by atoms with Gasteiger partial charge in [-0.15, -0.1) is 0 Å². The normalized spacial score (nSPS) is 21.1. The van der Waals surface area contributed by atoms with Gasteiger partial charge in [0.2, 0.25) is 0 Å². The molecule has 4 rings (SSSR count). The summed E-state index contributed by atoms with van der Waals surface area (Å²) in [7, 11) is 3.16. The Morgan fingerprint density at radius 1 is 1.09 bits per heavy atom. The number of methoxy groups -OCH3 is 2. The standard InChI is InChI=1S/C29H33NO5/c1-18-25(28(32)35-14-13-19-9-7-6-8-10-19)26(21-12-11-20(33-4)15-24(21)34-5)27-22(30-18)16-29(2,3)17-23(27)31/h6-12,15,25-26,30H,1,13-14,16-17H2,2-5H3. The Bertz CT molecular complexity index is 1160. The van der Waals surface area contributed by atoms with Crippen molar-refractivity contribution in [1.82, 2.24) is 5.32 Å². The molecule has 0 amide bonds. The molecule has 2 aliphatic rings. The number of esters is 1. The maximum atomic E-state index is 13.5. The van der Waals surface area contributed by atoms with Crippen LogP contribution in [0.3, 0.4) is 0 Å². The first kappa shape index (κ1) is 24.6. The van der Waals surface area contributed by atoms with E-state index in [9.17, 15) is 9.59 Å². The number of carbonyl (C=O) groups excluding carboxylic acids is 2. The molecule has 35 heavy (non-hydrogen) atoms. The first-order valence-corrected chi connectivity index (χ1v) is 11.9. The summed E-state index contributed by atoms with van der Waals surface area (Å²) in [6.45, 7) is 8.58. The van der Waals surface area contributed by atoms with E-state index in [-0.39, 0.29) is 17.8 Å². The zero-order valence-electron chi connectivity index (χ0n) is 20.9. The third-order valence-corrected chi connectivity index (χ3v) is 6.76. The van der Waals surface area contributed by atoms with Crippen LogP contribution in [0, 0.1) is 11.3 Å². The topological polar surface area (TPSA) is 73.9 Å². The molecule has 1 aliphatic carbocycles. The average molecular weight is 476 g/mol. The van der Waals surface area contributed by atoms with Crippen molar-refractivity contribution < 1.29 is 23.8 Å². The molecule has 0 fully saturated rings. The molecule has 6 nitrogen and oxygen atoms in total. The lowest BCUT2D eigenvalue weighted by molar-refractivity contribution is -0.147. The second kappa shape index (κ2) is 9.98. The molecule has 184 valence electrons. The highest BCUT2D eigenvalue weighted by atomic mass is 16.5. The summed E-state index contributed by atoms with van der Waals surface area (Å²) < 4.78 is 16.8. The Balaban J connectivity index is 1.72. The van der Waals surface area contributed by atoms with Crippen molar-refractivity contribution in [3.63, 3.8) is 0 Å². The fourth-order valence-electron chi connectivity index (χ4n) is 5.14. The summed E-state index contributed by atoms with van der Waals surface area (Å²) in [6, 6.07) is 15.3. The smallest absolute Gasteiger partial charge is 0.315 e. The summed E-state index contributed by atoms with van der Waals surface area (Å²) in [6.07, 6.45) is 1.71. The van der Waals surface area contributed by atoms with Gasteiger partial charge in [-0.25, -0.2) is 0 Å². The van der Waals surface area contributed by atoms with Gasteiger partial charge >= 0.3 is 5.97 Å². The predicted octanol–water partition coefficient (Wildman–Crippen LogP) is 4.95. The molecule has 0 bridgehead atoms. The van der Waals surface area contributed by atoms with Crippen molar-refractivity contribution in [2.45, 2.75) is 39.0 Å². The quantitative estimate of drug-likeness (QED) is 0.571. The van der Waals surface area contributed by atoms with Crippen LogP contribution in [0.5, 0.6) is 11.5 Å². The van der Waals surface area contributed by atoms with Gasteiger partial charge in [0.25, 0.3) is 0 Å². The van der Waals surface area contributed by atoms with E-state index in [2.05, 4.69) is 25.7 Å². The monoisotopic (exact) mass is 475 g/mol. The van der Waals surface area contributed by atoms with Crippen LogP contribution >= 0.6 is 0 Å². The third-order valence-electron chi connectivity index (χ3n) is 6.76. The summed E-state index contributed by atoms with van der Waals surface area (Å²) in [5.74, 6) is -0.530. The minimum absolute atomic E-state index is 0.0289. The Labute approximate surface area is 207 Å². The maximum Gasteiger partial charge on any atom is 0.315 e. The molecule has 1 heterocycles. The molecule has 6 heteroatoms. The van der Waals surface area contributed by atoms with Crippen LogP contribution in [-0.2, 0) is 20.7 Å². The van der Waals surface area contributed by atoms with Crippen LogP contribution in [0.4, 0.5) is 0 Å². The molecule has 0 saturated carbocycles. The molecule has 0 aromatic heterocycles. The molecule has 0 radical (unpaired) electrons. The van der Waals surface area contributed by atoms with Crippen LogP contribution in [0.1, 0.15) is 43.7 Å². The second-order valence-corrected chi connectivity index (χ2v) is 9.95. The zero-order chi connectivity index (χ0) is 25.2. The van der Waals surface area contributed by atoms with Gasteiger partial charge in [0.05, 0.1) is 20.8 Å². The number of rotatable bonds is 7. The van der Waals surface area contributed by atoms with Gasteiger partial charge < -0.3 is 19.5 Å². The predicted molar refractivity (Wildman–Crippen MR) is 134 cm³/mol. The number of ether oxygens (including phenoxy) is 3. The van der Waals surface area contributed by atoms with Crippen molar-refractivity contribution in [1.29, 1.82) is 0 Å². The van der Waals surface area contributed by atoms with E-state index in [4.69, 9.17) is 14.2 Å². The molecular weight excluding hydrogens is 442 g/mol. The highest BCUT2D eigenvalue weighted by Crippen LogP contribution is 2.50. The van der Waals surface area contributed by atoms with Crippen molar-refractivity contribution in [2.75, 3.05) is 20.8 Å². The highest BCUT2D eigenvalue weighted by molar-refractivity contribution is 6.01. The molecule has 0 spiro atoms. The fourth-order valence-corrected chi connectivity index (χ4v) is 5.14. The number of ketones is 1. The van der Waals surface area contributed by atoms with E-state index in [1.54, 1.807) is 20.3 Å². The third kappa shape index (κ3) is 5.11. The van der Waals surface area contributed by atoms with Gasteiger partial charge in [-0.1, -0.05) is 56.8 Å². The van der Waals surface area contributed by atoms with Gasteiger partial charge in [0, 0.05) is 47.4 Å². The number of hydrogen-bond acceptors (Lipinski definition) is 6. The van der Waals surface area contributed by atoms with Crippen molar-refractivity contribution >= 4 is 11.8 Å². The van der Waals surface area contributed by atoms with Gasteiger partial charge in [-0.3, -0.25) is 9.59 Å². The molecular formula is C29H33NO5. The summed E-state index contributed by atoms with van der Waals surface area (Å²) in [4.78, 5) is 27.0. The lowest BCUT2D eigenvalue weighted by Gasteiger charge is -2.42. The van der Waals surface area contributed by atoms with Gasteiger partial charge in [-0.05, 0) is 23.5 Å². The lowest BCUT2D eigenvalue weighted by Crippen LogP contribution is -2.44. The molecule has 2 unspecified atom stereocenters. The largest absolute Gasteiger partial charge is 0.497 e. The van der Waals surface area contributed by atoms with Gasteiger partial charge in [-0.2, -0.15) is 0 Å². The number of allylic oxidation sites excluding steroid dienone is 2. The van der Waals surface area contributed by atoms with E-state index in [1.807, 2.05) is 42.5 Å². The Morgan fingerprint density at radius 2 is 1.83 bits per heavy atom. The van der Waals surface area contributed by atoms with Gasteiger partial charge in [0.1, 0.15) is 17.4 Å². The van der Waals surface area contributed by atoms with E-state index in [0.717, 1.165) is 16.8 Å². The van der Waals surface area contributed by atoms with Crippen molar-refractivity contribution in [3.8, 4) is 11.5 Å². The van der Waals surface area contributed by atoms with Crippen LogP contribution in [0.2, 0.25) is 0 Å². The SMILES string of the molecule is C=C1NC2=C(C(=O)CC(C)(C)C2)C(c2ccc(OC)cc2OC)C1C(=O)OCCc1ccccc1.